The van der Waals surface area contributed by atoms with Crippen LogP contribution in [-0.2, 0) is 0 Å². The molecular formula is C15H23ClF2N2O. The third kappa shape index (κ3) is 4.36. The lowest BCUT2D eigenvalue weighted by atomic mass is 9.79. The van der Waals surface area contributed by atoms with Gasteiger partial charge in [0.2, 0.25) is 0 Å². The van der Waals surface area contributed by atoms with Crippen LogP contribution in [0.3, 0.4) is 0 Å². The highest BCUT2D eigenvalue weighted by Gasteiger charge is 2.36. The third-order valence-electron chi connectivity index (χ3n) is 3.87. The molecule has 1 aromatic rings. The number of hydrogen-bond donors (Lipinski definition) is 2. The molecule has 1 fully saturated rings. The lowest BCUT2D eigenvalue weighted by Gasteiger charge is -2.43. The van der Waals surface area contributed by atoms with Gasteiger partial charge in [0.15, 0.2) is 0 Å². The highest BCUT2D eigenvalue weighted by molar-refractivity contribution is 5.85. The molecule has 1 heterocycles. The lowest BCUT2D eigenvalue weighted by molar-refractivity contribution is 0.0302. The van der Waals surface area contributed by atoms with Crippen molar-refractivity contribution in [1.29, 1.82) is 0 Å². The van der Waals surface area contributed by atoms with Crippen molar-refractivity contribution in [3.63, 3.8) is 0 Å². The van der Waals surface area contributed by atoms with E-state index in [1.807, 2.05) is 13.8 Å². The largest absolute Gasteiger partial charge is 0.396 e. The average Bonchev–Trinajstić information content (AvgIpc) is 2.39. The number of benzene rings is 1. The van der Waals surface area contributed by atoms with Crippen LogP contribution in [0, 0.1) is 17.0 Å². The fourth-order valence-electron chi connectivity index (χ4n) is 2.92. The van der Waals surface area contributed by atoms with Crippen molar-refractivity contribution >= 4 is 12.4 Å². The van der Waals surface area contributed by atoms with Crippen molar-refractivity contribution in [1.82, 2.24) is 10.2 Å². The molecule has 0 aliphatic carbocycles. The Morgan fingerprint density at radius 2 is 1.71 bits per heavy atom. The first kappa shape index (κ1) is 18.3. The summed E-state index contributed by atoms with van der Waals surface area (Å²) in [6, 6.07) is 3.41. The highest BCUT2D eigenvalue weighted by atomic mass is 35.5. The summed E-state index contributed by atoms with van der Waals surface area (Å²) in [6.07, 6.45) is 0. The van der Waals surface area contributed by atoms with Gasteiger partial charge < -0.3 is 10.4 Å². The molecule has 0 bridgehead atoms. The molecule has 1 atom stereocenters. The zero-order valence-electron chi connectivity index (χ0n) is 12.4. The zero-order valence-corrected chi connectivity index (χ0v) is 13.2. The van der Waals surface area contributed by atoms with Crippen molar-refractivity contribution < 1.29 is 13.9 Å². The highest BCUT2D eigenvalue weighted by Crippen LogP contribution is 2.38. The molecule has 2 rings (SSSR count). The van der Waals surface area contributed by atoms with Crippen molar-refractivity contribution in [3.05, 3.63) is 35.4 Å². The predicted molar refractivity (Wildman–Crippen MR) is 81.7 cm³/mol. The molecule has 0 unspecified atom stereocenters. The molecule has 1 aliphatic rings. The van der Waals surface area contributed by atoms with E-state index in [0.717, 1.165) is 32.2 Å². The number of halogens is 3. The summed E-state index contributed by atoms with van der Waals surface area (Å²) in [5, 5.41) is 12.9. The van der Waals surface area contributed by atoms with Gasteiger partial charge in [-0.15, -0.1) is 12.4 Å². The second-order valence-electron chi connectivity index (χ2n) is 6.04. The topological polar surface area (TPSA) is 35.5 Å². The minimum absolute atomic E-state index is 0. The maximum Gasteiger partial charge on any atom is 0.126 e. The number of rotatable bonds is 4. The van der Waals surface area contributed by atoms with Crippen LogP contribution in [-0.4, -0.2) is 42.8 Å². The quantitative estimate of drug-likeness (QED) is 0.894. The molecule has 1 saturated heterocycles. The monoisotopic (exact) mass is 320 g/mol. The summed E-state index contributed by atoms with van der Waals surface area (Å²) in [5.74, 6) is -1.15. The van der Waals surface area contributed by atoms with Crippen molar-refractivity contribution in [3.8, 4) is 0 Å². The molecule has 1 aliphatic heterocycles. The van der Waals surface area contributed by atoms with Gasteiger partial charge in [-0.3, -0.25) is 4.90 Å². The number of nitrogens with zero attached hydrogens (tertiary/aromatic N) is 1. The Morgan fingerprint density at radius 3 is 2.19 bits per heavy atom. The second kappa shape index (κ2) is 7.49. The van der Waals surface area contributed by atoms with E-state index in [1.54, 1.807) is 0 Å². The Kier molecular flexibility index (Phi) is 6.53. The van der Waals surface area contributed by atoms with E-state index in [9.17, 15) is 13.9 Å². The predicted octanol–water partition coefficient (Wildman–Crippen LogP) is 2.35. The van der Waals surface area contributed by atoms with E-state index in [-0.39, 0.29) is 25.1 Å². The second-order valence-corrected chi connectivity index (χ2v) is 6.04. The van der Waals surface area contributed by atoms with E-state index in [1.165, 1.54) is 12.1 Å². The molecule has 21 heavy (non-hydrogen) atoms. The van der Waals surface area contributed by atoms with Crippen molar-refractivity contribution in [2.75, 3.05) is 32.8 Å². The van der Waals surface area contributed by atoms with E-state index >= 15 is 0 Å². The van der Waals surface area contributed by atoms with Crippen LogP contribution < -0.4 is 5.32 Å². The molecule has 6 heteroatoms. The molecule has 0 aromatic heterocycles. The number of hydrogen-bond acceptors (Lipinski definition) is 3. The van der Waals surface area contributed by atoms with E-state index < -0.39 is 17.0 Å². The molecule has 3 nitrogen and oxygen atoms in total. The summed E-state index contributed by atoms with van der Waals surface area (Å²) in [7, 11) is 0. The van der Waals surface area contributed by atoms with Gasteiger partial charge in [0.05, 0.1) is 0 Å². The number of aliphatic hydroxyl groups is 1. The van der Waals surface area contributed by atoms with Gasteiger partial charge in [-0.1, -0.05) is 13.8 Å². The van der Waals surface area contributed by atoms with Crippen LogP contribution in [0.5, 0.6) is 0 Å². The van der Waals surface area contributed by atoms with Gasteiger partial charge in [-0.05, 0) is 17.7 Å². The summed E-state index contributed by atoms with van der Waals surface area (Å²) in [6.45, 7) is 7.08. The van der Waals surface area contributed by atoms with Crippen molar-refractivity contribution in [2.24, 2.45) is 5.41 Å². The van der Waals surface area contributed by atoms with Crippen LogP contribution in [0.4, 0.5) is 8.78 Å². The summed E-state index contributed by atoms with van der Waals surface area (Å²) in [5.41, 5.74) is 0.112. The molecule has 1 aromatic carbocycles. The first-order valence-electron chi connectivity index (χ1n) is 6.95. The Labute approximate surface area is 130 Å². The van der Waals surface area contributed by atoms with E-state index in [2.05, 4.69) is 10.2 Å². The Morgan fingerprint density at radius 1 is 1.19 bits per heavy atom. The van der Waals surface area contributed by atoms with Gasteiger partial charge in [0.1, 0.15) is 11.6 Å². The molecule has 0 saturated carbocycles. The number of nitrogens with one attached hydrogen (secondary N) is 1. The molecule has 0 amide bonds. The lowest BCUT2D eigenvalue weighted by Crippen LogP contribution is -2.49. The van der Waals surface area contributed by atoms with Crippen LogP contribution in [0.15, 0.2) is 18.2 Å². The van der Waals surface area contributed by atoms with Gasteiger partial charge in [0, 0.05) is 50.3 Å². The molecule has 2 N–H and O–H groups in total. The molecule has 0 radical (unpaired) electrons. The molecular weight excluding hydrogens is 298 g/mol. The van der Waals surface area contributed by atoms with Gasteiger partial charge in [-0.2, -0.15) is 0 Å². The summed E-state index contributed by atoms with van der Waals surface area (Å²) in [4.78, 5) is 2.18. The number of aliphatic hydroxyl groups excluding tert-OH is 1. The smallest absolute Gasteiger partial charge is 0.126 e. The van der Waals surface area contributed by atoms with Crippen LogP contribution in [0.25, 0.3) is 0 Å². The Hall–Kier alpha value is -0.750. The summed E-state index contributed by atoms with van der Waals surface area (Å²) < 4.78 is 27.0. The zero-order chi connectivity index (χ0) is 14.8. The van der Waals surface area contributed by atoms with Crippen LogP contribution in [0.2, 0.25) is 0 Å². The first-order chi connectivity index (χ1) is 9.44. The molecule has 120 valence electrons. The van der Waals surface area contributed by atoms with Crippen LogP contribution >= 0.6 is 12.4 Å². The van der Waals surface area contributed by atoms with Gasteiger partial charge in [0.25, 0.3) is 0 Å². The van der Waals surface area contributed by atoms with Crippen LogP contribution in [0.1, 0.15) is 25.5 Å². The Bertz CT molecular complexity index is 445. The molecule has 0 spiro atoms. The maximum absolute atomic E-state index is 13.5. The van der Waals surface area contributed by atoms with E-state index in [4.69, 9.17) is 0 Å². The van der Waals surface area contributed by atoms with E-state index in [0.29, 0.717) is 5.56 Å². The third-order valence-corrected chi connectivity index (χ3v) is 3.87. The number of piperazine rings is 1. The minimum atomic E-state index is -0.575. The Balaban J connectivity index is 0.00000220. The van der Waals surface area contributed by atoms with Crippen molar-refractivity contribution in [2.45, 2.75) is 19.9 Å². The average molecular weight is 321 g/mol. The fraction of sp³-hybridized carbons (Fsp3) is 0.600. The SMILES string of the molecule is CC(C)(CO)[C@@H](c1cc(F)cc(F)c1)N1CCNCC1.Cl. The normalized spacial score (nSPS) is 18.1. The van der Waals surface area contributed by atoms with Gasteiger partial charge in [-0.25, -0.2) is 8.78 Å². The van der Waals surface area contributed by atoms with Gasteiger partial charge >= 0.3 is 0 Å². The first-order valence-corrected chi connectivity index (χ1v) is 6.95. The minimum Gasteiger partial charge on any atom is -0.396 e. The summed E-state index contributed by atoms with van der Waals surface area (Å²) >= 11 is 0. The standard InChI is InChI=1S/C15H22F2N2O.ClH/c1-15(2,10-20)14(19-5-3-18-4-6-19)11-7-12(16)9-13(17)8-11;/h7-9,14,18,20H,3-6,10H2,1-2H3;1H/t14-;/m1./s1. The maximum atomic E-state index is 13.5. The fourth-order valence-corrected chi connectivity index (χ4v) is 2.92.